The largest absolute Gasteiger partial charge is 0.476 e. The highest BCUT2D eigenvalue weighted by Gasteiger charge is 2.15. The number of morpholine rings is 1. The lowest BCUT2D eigenvalue weighted by Gasteiger charge is -2.28. The number of carbonyl (C=O) groups excluding carboxylic acids is 1. The normalized spacial score (nSPS) is 14.2. The molecule has 0 radical (unpaired) electrons. The molecule has 4 rings (SSSR count). The van der Waals surface area contributed by atoms with Crippen LogP contribution >= 0.6 is 0 Å². The van der Waals surface area contributed by atoms with Gasteiger partial charge in [0.05, 0.1) is 19.8 Å². The Morgan fingerprint density at radius 3 is 2.86 bits per heavy atom. The third kappa shape index (κ3) is 4.23. The van der Waals surface area contributed by atoms with E-state index in [4.69, 9.17) is 13.9 Å². The van der Waals surface area contributed by atoms with Gasteiger partial charge in [0.15, 0.2) is 5.76 Å². The van der Waals surface area contributed by atoms with Crippen molar-refractivity contribution in [2.45, 2.75) is 6.92 Å². The number of furan rings is 1. The van der Waals surface area contributed by atoms with Crippen molar-refractivity contribution >= 4 is 22.7 Å². The van der Waals surface area contributed by atoms with Gasteiger partial charge in [0.2, 0.25) is 5.88 Å². The van der Waals surface area contributed by atoms with Crippen molar-refractivity contribution in [3.8, 4) is 5.88 Å². The van der Waals surface area contributed by atoms with Gasteiger partial charge in [0.25, 0.3) is 5.91 Å². The van der Waals surface area contributed by atoms with Gasteiger partial charge in [0, 0.05) is 24.5 Å². The second-order valence-corrected chi connectivity index (χ2v) is 6.46. The fourth-order valence-electron chi connectivity index (χ4n) is 3.05. The number of para-hydroxylation sites is 1. The summed E-state index contributed by atoms with van der Waals surface area (Å²) in [5, 5.41) is 3.69. The van der Waals surface area contributed by atoms with E-state index < -0.39 is 0 Å². The van der Waals surface area contributed by atoms with Gasteiger partial charge in [0.1, 0.15) is 23.8 Å². The first-order chi connectivity index (χ1) is 13.7. The lowest BCUT2D eigenvalue weighted by molar-refractivity contribution is 0.0921. The van der Waals surface area contributed by atoms with Crippen LogP contribution in [-0.4, -0.2) is 55.3 Å². The predicted molar refractivity (Wildman–Crippen MR) is 104 cm³/mol. The van der Waals surface area contributed by atoms with Gasteiger partial charge in [-0.15, -0.1) is 0 Å². The van der Waals surface area contributed by atoms with E-state index >= 15 is 0 Å². The van der Waals surface area contributed by atoms with Crippen molar-refractivity contribution in [1.29, 1.82) is 0 Å². The molecule has 28 heavy (non-hydrogen) atoms. The first kappa shape index (κ1) is 18.2. The van der Waals surface area contributed by atoms with Gasteiger partial charge in [-0.1, -0.05) is 18.2 Å². The fraction of sp³-hybridized carbons (Fsp3) is 0.350. The predicted octanol–water partition coefficient (Wildman–Crippen LogP) is 2.18. The van der Waals surface area contributed by atoms with Crippen LogP contribution < -0.4 is 15.0 Å². The van der Waals surface area contributed by atoms with E-state index in [2.05, 4.69) is 20.2 Å². The highest BCUT2D eigenvalue weighted by molar-refractivity contribution is 5.96. The van der Waals surface area contributed by atoms with Gasteiger partial charge >= 0.3 is 0 Å². The fourth-order valence-corrected chi connectivity index (χ4v) is 3.05. The molecule has 1 aromatic carbocycles. The topological polar surface area (TPSA) is 89.7 Å². The van der Waals surface area contributed by atoms with E-state index in [-0.39, 0.29) is 11.7 Å². The summed E-state index contributed by atoms with van der Waals surface area (Å²) in [6.45, 7) is 5.43. The average Bonchev–Trinajstić information content (AvgIpc) is 3.16. The lowest BCUT2D eigenvalue weighted by Crippen LogP contribution is -2.37. The number of hydrogen-bond donors (Lipinski definition) is 1. The number of carbonyl (C=O) groups is 1. The number of ether oxygens (including phenoxy) is 2. The van der Waals surface area contributed by atoms with Crippen molar-refractivity contribution in [2.75, 3.05) is 44.4 Å². The van der Waals surface area contributed by atoms with Gasteiger partial charge in [-0.25, -0.2) is 4.98 Å². The molecule has 8 heteroatoms. The molecule has 2 aromatic heterocycles. The van der Waals surface area contributed by atoms with Crippen LogP contribution in [-0.2, 0) is 4.74 Å². The smallest absolute Gasteiger partial charge is 0.287 e. The van der Waals surface area contributed by atoms with Crippen molar-refractivity contribution in [3.63, 3.8) is 0 Å². The number of aryl methyl sites for hydroxylation is 1. The molecule has 1 N–H and O–H groups in total. The molecule has 1 aliphatic rings. The summed E-state index contributed by atoms with van der Waals surface area (Å²) in [5.74, 6) is 1.98. The number of nitrogens with zero attached hydrogens (tertiary/aromatic N) is 3. The zero-order valence-electron chi connectivity index (χ0n) is 15.7. The molecular formula is C20H22N4O4. The van der Waals surface area contributed by atoms with Crippen molar-refractivity contribution in [3.05, 3.63) is 48.0 Å². The molecule has 0 aliphatic carbocycles. The van der Waals surface area contributed by atoms with Crippen LogP contribution in [0.5, 0.6) is 5.88 Å². The summed E-state index contributed by atoms with van der Waals surface area (Å²) in [6, 6.07) is 11.1. The van der Waals surface area contributed by atoms with Gasteiger partial charge in [-0.2, -0.15) is 4.98 Å². The summed E-state index contributed by atoms with van der Waals surface area (Å²) in [4.78, 5) is 23.2. The quantitative estimate of drug-likeness (QED) is 0.654. The molecular weight excluding hydrogens is 360 g/mol. The maximum atomic E-state index is 12.2. The number of benzene rings is 1. The maximum absolute atomic E-state index is 12.2. The molecule has 0 bridgehead atoms. The average molecular weight is 382 g/mol. The zero-order chi connectivity index (χ0) is 19.3. The van der Waals surface area contributed by atoms with Crippen LogP contribution in [0.25, 0.3) is 11.0 Å². The lowest BCUT2D eigenvalue weighted by atomic mass is 10.2. The van der Waals surface area contributed by atoms with E-state index in [1.807, 2.05) is 37.3 Å². The summed E-state index contributed by atoms with van der Waals surface area (Å²) >= 11 is 0. The number of anilines is 1. The highest BCUT2D eigenvalue weighted by Crippen LogP contribution is 2.19. The highest BCUT2D eigenvalue weighted by atomic mass is 16.5. The van der Waals surface area contributed by atoms with Crippen LogP contribution in [0.3, 0.4) is 0 Å². The summed E-state index contributed by atoms with van der Waals surface area (Å²) in [6.07, 6.45) is 0. The first-order valence-corrected chi connectivity index (χ1v) is 9.27. The molecule has 0 saturated carbocycles. The second kappa shape index (κ2) is 8.26. The van der Waals surface area contributed by atoms with E-state index in [1.165, 1.54) is 0 Å². The number of aromatic nitrogens is 2. The maximum Gasteiger partial charge on any atom is 0.287 e. The van der Waals surface area contributed by atoms with Crippen LogP contribution in [0.15, 0.2) is 40.8 Å². The minimum atomic E-state index is -0.271. The number of nitrogens with one attached hydrogen (secondary N) is 1. The Bertz CT molecular complexity index is 933. The molecule has 0 unspecified atom stereocenters. The molecule has 0 atom stereocenters. The molecule has 1 fully saturated rings. The molecule has 3 aromatic rings. The molecule has 146 valence electrons. The molecule has 8 nitrogen and oxygen atoms in total. The van der Waals surface area contributed by atoms with Crippen LogP contribution in [0.1, 0.15) is 16.4 Å². The van der Waals surface area contributed by atoms with Crippen LogP contribution in [0, 0.1) is 6.92 Å². The Hall–Kier alpha value is -3.13. The SMILES string of the molecule is Cc1nc(OCCNC(=O)c2cc3ccccc3o2)cc(N2CCOCC2)n1. The number of hydrogen-bond acceptors (Lipinski definition) is 7. The Kier molecular flexibility index (Phi) is 5.38. The van der Waals surface area contributed by atoms with Crippen molar-refractivity contribution < 1.29 is 18.7 Å². The zero-order valence-corrected chi connectivity index (χ0v) is 15.7. The molecule has 1 saturated heterocycles. The van der Waals surface area contributed by atoms with Crippen molar-refractivity contribution in [2.24, 2.45) is 0 Å². The van der Waals surface area contributed by atoms with E-state index in [1.54, 1.807) is 6.07 Å². The second-order valence-electron chi connectivity index (χ2n) is 6.46. The van der Waals surface area contributed by atoms with Gasteiger partial charge in [-0.05, 0) is 19.1 Å². The van der Waals surface area contributed by atoms with Gasteiger partial charge < -0.3 is 24.1 Å². The molecule has 0 spiro atoms. The molecule has 3 heterocycles. The standard InChI is InChI=1S/C20H22N4O4/c1-14-22-18(24-7-10-26-11-8-24)13-19(23-14)27-9-6-21-20(25)17-12-15-4-2-3-5-16(15)28-17/h2-5,12-13H,6-11H2,1H3,(H,21,25). The van der Waals surface area contributed by atoms with Crippen molar-refractivity contribution in [1.82, 2.24) is 15.3 Å². The Balaban J connectivity index is 1.31. The van der Waals surface area contributed by atoms with Crippen LogP contribution in [0.2, 0.25) is 0 Å². The third-order valence-corrected chi connectivity index (χ3v) is 4.42. The van der Waals surface area contributed by atoms with E-state index in [0.717, 1.165) is 24.3 Å². The summed E-state index contributed by atoms with van der Waals surface area (Å²) in [7, 11) is 0. The first-order valence-electron chi connectivity index (χ1n) is 9.27. The summed E-state index contributed by atoms with van der Waals surface area (Å²) < 4.78 is 16.6. The Morgan fingerprint density at radius 2 is 2.04 bits per heavy atom. The Morgan fingerprint density at radius 1 is 1.21 bits per heavy atom. The van der Waals surface area contributed by atoms with Gasteiger partial charge in [-0.3, -0.25) is 4.79 Å². The number of fused-ring (bicyclic) bond motifs is 1. The summed E-state index contributed by atoms with van der Waals surface area (Å²) in [5.41, 5.74) is 0.691. The molecule has 1 aliphatic heterocycles. The number of amides is 1. The van der Waals surface area contributed by atoms with E-state index in [0.29, 0.717) is 43.7 Å². The third-order valence-electron chi connectivity index (χ3n) is 4.42. The van der Waals surface area contributed by atoms with E-state index in [9.17, 15) is 4.79 Å². The van der Waals surface area contributed by atoms with Crippen LogP contribution in [0.4, 0.5) is 5.82 Å². The number of rotatable bonds is 6. The molecule has 1 amide bonds. The minimum Gasteiger partial charge on any atom is -0.476 e. The Labute approximate surface area is 162 Å². The monoisotopic (exact) mass is 382 g/mol. The minimum absolute atomic E-state index is 0.271.